The number of halogens is 2. The van der Waals surface area contributed by atoms with Crippen LogP contribution in [0.4, 0.5) is 5.69 Å². The summed E-state index contributed by atoms with van der Waals surface area (Å²) in [5, 5.41) is 0.937. The summed E-state index contributed by atoms with van der Waals surface area (Å²) < 4.78 is 15.6. The highest BCUT2D eigenvalue weighted by atomic mass is 35.5. The summed E-state index contributed by atoms with van der Waals surface area (Å²) >= 11 is 12.1. The molecule has 0 saturated carbocycles. The Kier molecular flexibility index (Phi) is 5.69. The number of nitrogens with zero attached hydrogens (tertiary/aromatic N) is 2. The third kappa shape index (κ3) is 4.36. The highest BCUT2D eigenvalue weighted by molar-refractivity contribution is 6.32. The molecule has 1 saturated heterocycles. The standard InChI is InChI=1S/C20H18Cl2N2O5/c21-14-2-1-3-15(10-14)23-4-6-24(7-5-23)18(25)11-27-20(26)13-8-16(22)19-17(9-13)28-12-29-19/h1-3,8-10H,4-7,11-12H2. The molecule has 0 unspecified atom stereocenters. The van der Waals surface area contributed by atoms with Crippen molar-refractivity contribution in [2.24, 2.45) is 0 Å². The average molecular weight is 437 g/mol. The van der Waals surface area contributed by atoms with E-state index in [1.165, 1.54) is 12.1 Å². The van der Waals surface area contributed by atoms with Gasteiger partial charge in [-0.15, -0.1) is 0 Å². The van der Waals surface area contributed by atoms with E-state index in [1.807, 2.05) is 24.3 Å². The molecule has 0 spiro atoms. The second kappa shape index (κ2) is 8.39. The first-order valence-corrected chi connectivity index (χ1v) is 9.81. The maximum Gasteiger partial charge on any atom is 0.338 e. The van der Waals surface area contributed by atoms with E-state index >= 15 is 0 Å². The van der Waals surface area contributed by atoms with Gasteiger partial charge in [0.25, 0.3) is 5.91 Å². The molecule has 29 heavy (non-hydrogen) atoms. The van der Waals surface area contributed by atoms with Gasteiger partial charge < -0.3 is 24.0 Å². The molecule has 152 valence electrons. The van der Waals surface area contributed by atoms with E-state index in [4.69, 9.17) is 37.4 Å². The summed E-state index contributed by atoms with van der Waals surface area (Å²) in [7, 11) is 0. The van der Waals surface area contributed by atoms with Crippen LogP contribution < -0.4 is 14.4 Å². The van der Waals surface area contributed by atoms with Crippen molar-refractivity contribution in [3.05, 3.63) is 52.0 Å². The van der Waals surface area contributed by atoms with Gasteiger partial charge >= 0.3 is 5.97 Å². The smallest absolute Gasteiger partial charge is 0.338 e. The summed E-state index contributed by atoms with van der Waals surface area (Å²) in [5.74, 6) is -0.100. The Morgan fingerprint density at radius 1 is 1.03 bits per heavy atom. The van der Waals surface area contributed by atoms with Crippen molar-refractivity contribution in [1.82, 2.24) is 4.90 Å². The molecular formula is C20H18Cl2N2O5. The molecule has 0 N–H and O–H groups in total. The third-order valence-electron chi connectivity index (χ3n) is 4.80. The predicted octanol–water partition coefficient (Wildman–Crippen LogP) is 3.23. The number of hydrogen-bond acceptors (Lipinski definition) is 6. The number of ether oxygens (including phenoxy) is 3. The minimum Gasteiger partial charge on any atom is -0.454 e. The van der Waals surface area contributed by atoms with Crippen LogP contribution >= 0.6 is 23.2 Å². The number of esters is 1. The molecule has 7 nitrogen and oxygen atoms in total. The van der Waals surface area contributed by atoms with E-state index in [2.05, 4.69) is 4.90 Å². The number of amides is 1. The summed E-state index contributed by atoms with van der Waals surface area (Å²) in [6.07, 6.45) is 0. The Balaban J connectivity index is 1.29. The predicted molar refractivity (Wildman–Crippen MR) is 108 cm³/mol. The average Bonchev–Trinajstić information content (AvgIpc) is 3.21. The molecule has 9 heteroatoms. The summed E-state index contributed by atoms with van der Waals surface area (Å²) in [4.78, 5) is 28.6. The molecule has 2 aromatic carbocycles. The van der Waals surface area contributed by atoms with E-state index in [0.29, 0.717) is 42.7 Å². The second-order valence-corrected chi connectivity index (χ2v) is 7.46. The molecule has 1 amide bonds. The Bertz CT molecular complexity index is 944. The van der Waals surface area contributed by atoms with Crippen LogP contribution in [0.1, 0.15) is 10.4 Å². The number of rotatable bonds is 4. The quantitative estimate of drug-likeness (QED) is 0.685. The van der Waals surface area contributed by atoms with Gasteiger partial charge in [0.05, 0.1) is 10.6 Å². The van der Waals surface area contributed by atoms with Crippen molar-refractivity contribution in [1.29, 1.82) is 0 Å². The largest absolute Gasteiger partial charge is 0.454 e. The first-order valence-electron chi connectivity index (χ1n) is 9.06. The van der Waals surface area contributed by atoms with Gasteiger partial charge in [-0.2, -0.15) is 0 Å². The van der Waals surface area contributed by atoms with E-state index in [9.17, 15) is 9.59 Å². The molecule has 0 bridgehead atoms. The normalized spacial score (nSPS) is 15.4. The number of piperazine rings is 1. The fourth-order valence-electron chi connectivity index (χ4n) is 3.27. The van der Waals surface area contributed by atoms with Crippen LogP contribution in [0.3, 0.4) is 0 Å². The van der Waals surface area contributed by atoms with E-state index in [0.717, 1.165) is 5.69 Å². The number of carbonyl (C=O) groups excluding carboxylic acids is 2. The third-order valence-corrected chi connectivity index (χ3v) is 5.31. The fraction of sp³-hybridized carbons (Fsp3) is 0.300. The van der Waals surface area contributed by atoms with Crippen molar-refractivity contribution in [2.45, 2.75) is 0 Å². The highest BCUT2D eigenvalue weighted by Crippen LogP contribution is 2.39. The Hall–Kier alpha value is -2.64. The molecule has 2 aromatic rings. The molecule has 2 aliphatic heterocycles. The van der Waals surface area contributed by atoms with E-state index in [1.54, 1.807) is 4.90 Å². The Labute approximate surface area is 177 Å². The van der Waals surface area contributed by atoms with Crippen molar-refractivity contribution < 1.29 is 23.8 Å². The second-order valence-electron chi connectivity index (χ2n) is 6.62. The lowest BCUT2D eigenvalue weighted by molar-refractivity contribution is -0.134. The van der Waals surface area contributed by atoms with Crippen molar-refractivity contribution in [3.63, 3.8) is 0 Å². The number of benzene rings is 2. The molecular weight excluding hydrogens is 419 g/mol. The number of anilines is 1. The van der Waals surface area contributed by atoms with Crippen molar-refractivity contribution in [3.8, 4) is 11.5 Å². The minimum atomic E-state index is -0.642. The first kappa shape index (κ1) is 19.7. The van der Waals surface area contributed by atoms with E-state index in [-0.39, 0.29) is 29.9 Å². The topological polar surface area (TPSA) is 68.3 Å². The molecule has 0 aromatic heterocycles. The Morgan fingerprint density at radius 2 is 1.83 bits per heavy atom. The lowest BCUT2D eigenvalue weighted by atomic mass is 10.2. The minimum absolute atomic E-state index is 0.0488. The summed E-state index contributed by atoms with van der Waals surface area (Å²) in [5.41, 5.74) is 1.23. The Morgan fingerprint density at radius 3 is 2.59 bits per heavy atom. The maximum absolute atomic E-state index is 12.4. The van der Waals surface area contributed by atoms with Crippen LogP contribution in [0.25, 0.3) is 0 Å². The highest BCUT2D eigenvalue weighted by Gasteiger charge is 2.24. The van der Waals surface area contributed by atoms with Crippen LogP contribution in [-0.2, 0) is 9.53 Å². The van der Waals surface area contributed by atoms with Crippen LogP contribution in [0, 0.1) is 0 Å². The summed E-state index contributed by atoms with van der Waals surface area (Å²) in [6, 6.07) is 10.5. The van der Waals surface area contributed by atoms with Gasteiger partial charge in [0.15, 0.2) is 18.1 Å². The van der Waals surface area contributed by atoms with Gasteiger partial charge in [-0.3, -0.25) is 4.79 Å². The molecule has 0 radical (unpaired) electrons. The maximum atomic E-state index is 12.4. The van der Waals surface area contributed by atoms with Crippen LogP contribution in [-0.4, -0.2) is 56.4 Å². The number of hydrogen-bond donors (Lipinski definition) is 0. The summed E-state index contributed by atoms with van der Waals surface area (Å²) in [6.45, 7) is 2.16. The molecule has 2 heterocycles. The molecule has 1 fully saturated rings. The molecule has 0 aliphatic carbocycles. The van der Waals surface area contributed by atoms with E-state index < -0.39 is 5.97 Å². The lowest BCUT2D eigenvalue weighted by Crippen LogP contribution is -2.49. The van der Waals surface area contributed by atoms with Crippen LogP contribution in [0.2, 0.25) is 10.0 Å². The van der Waals surface area contributed by atoms with Gasteiger partial charge in [-0.1, -0.05) is 29.3 Å². The van der Waals surface area contributed by atoms with Crippen molar-refractivity contribution >= 4 is 40.8 Å². The van der Waals surface area contributed by atoms with Gasteiger partial charge in [0, 0.05) is 36.9 Å². The zero-order chi connectivity index (χ0) is 20.4. The fourth-order valence-corrected chi connectivity index (χ4v) is 3.72. The van der Waals surface area contributed by atoms with Gasteiger partial charge in [0.1, 0.15) is 0 Å². The van der Waals surface area contributed by atoms with Gasteiger partial charge in [0.2, 0.25) is 6.79 Å². The lowest BCUT2D eigenvalue weighted by Gasteiger charge is -2.36. The van der Waals surface area contributed by atoms with Crippen LogP contribution in [0.15, 0.2) is 36.4 Å². The van der Waals surface area contributed by atoms with Crippen molar-refractivity contribution in [2.75, 3.05) is 44.5 Å². The van der Waals surface area contributed by atoms with Crippen LogP contribution in [0.5, 0.6) is 11.5 Å². The number of fused-ring (bicyclic) bond motifs is 1. The van der Waals surface area contributed by atoms with Gasteiger partial charge in [-0.05, 0) is 30.3 Å². The molecule has 2 aliphatic rings. The SMILES string of the molecule is O=C(OCC(=O)N1CCN(c2cccc(Cl)c2)CC1)c1cc(Cl)c2c(c1)OCO2. The first-order chi connectivity index (χ1) is 14.0. The zero-order valence-electron chi connectivity index (χ0n) is 15.4. The molecule has 0 atom stereocenters. The zero-order valence-corrected chi connectivity index (χ0v) is 16.9. The molecule has 4 rings (SSSR count). The van der Waals surface area contributed by atoms with Gasteiger partial charge in [-0.25, -0.2) is 4.79 Å². The number of carbonyl (C=O) groups is 2. The monoisotopic (exact) mass is 436 g/mol.